The molecule has 0 atom stereocenters. The Bertz CT molecular complexity index is 318. The molecule has 0 amide bonds. The van der Waals surface area contributed by atoms with Gasteiger partial charge in [-0.05, 0) is 18.4 Å². The standard InChI is InChI=1S/C15H20O/c1-2-3-4-5-6-10-13-16-14-15-11-8-7-9-12-15/h7-9,11-12H,2,5-6,10,13-14H2,1H3. The monoisotopic (exact) mass is 216 g/mol. The first-order valence-corrected chi connectivity index (χ1v) is 6.01. The van der Waals surface area contributed by atoms with Gasteiger partial charge in [-0.3, -0.25) is 0 Å². The zero-order valence-electron chi connectivity index (χ0n) is 10.0. The van der Waals surface area contributed by atoms with E-state index in [-0.39, 0.29) is 0 Å². The van der Waals surface area contributed by atoms with E-state index in [1.165, 1.54) is 5.56 Å². The second-order valence-electron chi connectivity index (χ2n) is 3.70. The normalized spacial score (nSPS) is 9.56. The fourth-order valence-corrected chi connectivity index (χ4v) is 1.40. The second-order valence-corrected chi connectivity index (χ2v) is 3.70. The predicted molar refractivity (Wildman–Crippen MR) is 68.0 cm³/mol. The Kier molecular flexibility index (Phi) is 7.21. The molecule has 0 radical (unpaired) electrons. The van der Waals surface area contributed by atoms with E-state index in [2.05, 4.69) is 30.9 Å². The van der Waals surface area contributed by atoms with E-state index in [1.54, 1.807) is 0 Å². The van der Waals surface area contributed by atoms with E-state index in [4.69, 9.17) is 4.74 Å². The van der Waals surface area contributed by atoms with E-state index in [1.807, 2.05) is 18.2 Å². The number of hydrogen-bond donors (Lipinski definition) is 0. The first-order valence-electron chi connectivity index (χ1n) is 6.01. The van der Waals surface area contributed by atoms with Crippen molar-refractivity contribution in [3.8, 4) is 11.8 Å². The van der Waals surface area contributed by atoms with E-state index in [0.29, 0.717) is 0 Å². The van der Waals surface area contributed by atoms with Gasteiger partial charge in [0.2, 0.25) is 0 Å². The van der Waals surface area contributed by atoms with E-state index in [9.17, 15) is 0 Å². The van der Waals surface area contributed by atoms with Crippen molar-refractivity contribution in [2.75, 3.05) is 6.61 Å². The Morgan fingerprint density at radius 2 is 1.88 bits per heavy atom. The second kappa shape index (κ2) is 9.00. The summed E-state index contributed by atoms with van der Waals surface area (Å²) in [7, 11) is 0. The van der Waals surface area contributed by atoms with E-state index >= 15 is 0 Å². The third-order valence-electron chi connectivity index (χ3n) is 2.25. The molecule has 1 aromatic carbocycles. The van der Waals surface area contributed by atoms with Crippen molar-refractivity contribution in [3.05, 3.63) is 35.9 Å². The number of unbranched alkanes of at least 4 members (excludes halogenated alkanes) is 2. The molecule has 86 valence electrons. The summed E-state index contributed by atoms with van der Waals surface area (Å²) in [5.74, 6) is 6.21. The first kappa shape index (κ1) is 12.8. The van der Waals surface area contributed by atoms with Crippen LogP contribution in [-0.2, 0) is 11.3 Å². The van der Waals surface area contributed by atoms with Crippen LogP contribution in [0.2, 0.25) is 0 Å². The molecule has 0 spiro atoms. The summed E-state index contributed by atoms with van der Waals surface area (Å²) in [5.41, 5.74) is 1.24. The van der Waals surface area contributed by atoms with Gasteiger partial charge in [0.25, 0.3) is 0 Å². The molecule has 0 unspecified atom stereocenters. The Morgan fingerprint density at radius 1 is 1.06 bits per heavy atom. The molecule has 1 heteroatoms. The Hall–Kier alpha value is -1.26. The van der Waals surface area contributed by atoms with Crippen molar-refractivity contribution >= 4 is 0 Å². The number of benzene rings is 1. The maximum absolute atomic E-state index is 5.58. The average Bonchev–Trinajstić information content (AvgIpc) is 2.34. The summed E-state index contributed by atoms with van der Waals surface area (Å²) in [6.07, 6.45) is 4.21. The van der Waals surface area contributed by atoms with Gasteiger partial charge in [0.1, 0.15) is 0 Å². The van der Waals surface area contributed by atoms with Crippen molar-refractivity contribution < 1.29 is 4.74 Å². The maximum Gasteiger partial charge on any atom is 0.0716 e. The highest BCUT2D eigenvalue weighted by atomic mass is 16.5. The Morgan fingerprint density at radius 3 is 2.62 bits per heavy atom. The number of rotatable bonds is 6. The third-order valence-corrected chi connectivity index (χ3v) is 2.25. The summed E-state index contributed by atoms with van der Waals surface area (Å²) in [4.78, 5) is 0. The molecule has 0 fully saturated rings. The first-order chi connectivity index (χ1) is 7.93. The molecule has 0 saturated carbocycles. The van der Waals surface area contributed by atoms with E-state index < -0.39 is 0 Å². The molecular formula is C15H20O. The largest absolute Gasteiger partial charge is 0.377 e. The lowest BCUT2D eigenvalue weighted by molar-refractivity contribution is 0.117. The van der Waals surface area contributed by atoms with Crippen LogP contribution < -0.4 is 0 Å². The fraction of sp³-hybridized carbons (Fsp3) is 0.467. The van der Waals surface area contributed by atoms with Crippen molar-refractivity contribution in [1.29, 1.82) is 0 Å². The van der Waals surface area contributed by atoms with Crippen LogP contribution >= 0.6 is 0 Å². The summed E-state index contributed by atoms with van der Waals surface area (Å²) in [5, 5.41) is 0. The number of ether oxygens (including phenoxy) is 1. The maximum atomic E-state index is 5.58. The lowest BCUT2D eigenvalue weighted by Gasteiger charge is -2.02. The van der Waals surface area contributed by atoms with Crippen LogP contribution in [0.5, 0.6) is 0 Å². The average molecular weight is 216 g/mol. The highest BCUT2D eigenvalue weighted by molar-refractivity contribution is 5.13. The molecule has 0 aliphatic carbocycles. The van der Waals surface area contributed by atoms with E-state index in [0.717, 1.165) is 38.9 Å². The summed E-state index contributed by atoms with van der Waals surface area (Å²) in [6.45, 7) is 3.64. The summed E-state index contributed by atoms with van der Waals surface area (Å²) >= 11 is 0. The van der Waals surface area contributed by atoms with Gasteiger partial charge in [-0.25, -0.2) is 0 Å². The molecule has 0 N–H and O–H groups in total. The Balaban J connectivity index is 1.96. The van der Waals surface area contributed by atoms with Crippen molar-refractivity contribution in [2.45, 2.75) is 39.2 Å². The SMILES string of the molecule is CCC#CCCCCOCc1ccccc1. The van der Waals surface area contributed by atoms with Gasteiger partial charge < -0.3 is 4.74 Å². The quantitative estimate of drug-likeness (QED) is 0.519. The minimum Gasteiger partial charge on any atom is -0.377 e. The highest BCUT2D eigenvalue weighted by Gasteiger charge is 1.91. The van der Waals surface area contributed by atoms with Crippen LogP contribution in [0.15, 0.2) is 30.3 Å². The van der Waals surface area contributed by atoms with Crippen LogP contribution in [-0.4, -0.2) is 6.61 Å². The molecular weight excluding hydrogens is 196 g/mol. The number of hydrogen-bond acceptors (Lipinski definition) is 1. The highest BCUT2D eigenvalue weighted by Crippen LogP contribution is 2.02. The molecule has 0 aliphatic heterocycles. The van der Waals surface area contributed by atoms with Gasteiger partial charge in [0.15, 0.2) is 0 Å². The van der Waals surface area contributed by atoms with Crippen LogP contribution in [0, 0.1) is 11.8 Å². The minimum absolute atomic E-state index is 0.724. The van der Waals surface area contributed by atoms with Gasteiger partial charge in [0, 0.05) is 19.4 Å². The molecule has 0 heterocycles. The van der Waals surface area contributed by atoms with Crippen LogP contribution in [0.25, 0.3) is 0 Å². The van der Waals surface area contributed by atoms with Gasteiger partial charge in [-0.2, -0.15) is 0 Å². The topological polar surface area (TPSA) is 9.23 Å². The molecule has 0 aromatic heterocycles. The fourth-order valence-electron chi connectivity index (χ4n) is 1.40. The summed E-state index contributed by atoms with van der Waals surface area (Å²) in [6, 6.07) is 10.3. The third kappa shape index (κ3) is 6.27. The molecule has 0 aliphatic rings. The van der Waals surface area contributed by atoms with Crippen molar-refractivity contribution in [3.63, 3.8) is 0 Å². The van der Waals surface area contributed by atoms with Gasteiger partial charge in [-0.15, -0.1) is 11.8 Å². The zero-order chi connectivity index (χ0) is 11.5. The molecule has 0 saturated heterocycles. The molecule has 0 bridgehead atoms. The minimum atomic E-state index is 0.724. The molecule has 1 nitrogen and oxygen atoms in total. The predicted octanol–water partition coefficient (Wildman–Crippen LogP) is 3.79. The van der Waals surface area contributed by atoms with Crippen molar-refractivity contribution in [2.24, 2.45) is 0 Å². The molecule has 1 rings (SSSR count). The zero-order valence-corrected chi connectivity index (χ0v) is 10.0. The van der Waals surface area contributed by atoms with Gasteiger partial charge in [0.05, 0.1) is 6.61 Å². The van der Waals surface area contributed by atoms with Crippen molar-refractivity contribution in [1.82, 2.24) is 0 Å². The van der Waals surface area contributed by atoms with Gasteiger partial charge >= 0.3 is 0 Å². The van der Waals surface area contributed by atoms with Crippen LogP contribution in [0.4, 0.5) is 0 Å². The molecule has 16 heavy (non-hydrogen) atoms. The smallest absolute Gasteiger partial charge is 0.0716 e. The molecule has 1 aromatic rings. The lowest BCUT2D eigenvalue weighted by Crippen LogP contribution is -1.95. The summed E-state index contributed by atoms with van der Waals surface area (Å²) < 4.78 is 5.58. The van der Waals surface area contributed by atoms with Gasteiger partial charge in [-0.1, -0.05) is 37.3 Å². The van der Waals surface area contributed by atoms with Crippen LogP contribution in [0.3, 0.4) is 0 Å². The Labute approximate surface area is 98.8 Å². The van der Waals surface area contributed by atoms with Crippen LogP contribution in [0.1, 0.15) is 38.2 Å². The lowest BCUT2D eigenvalue weighted by atomic mass is 10.2.